The second-order valence-corrected chi connectivity index (χ2v) is 9.94. The van der Waals surface area contributed by atoms with Crippen molar-refractivity contribution in [1.82, 2.24) is 15.5 Å². The molecule has 0 aliphatic carbocycles. The molecule has 0 spiro atoms. The van der Waals surface area contributed by atoms with E-state index in [0.717, 1.165) is 18.4 Å². The van der Waals surface area contributed by atoms with Crippen LogP contribution in [0.15, 0.2) is 30.3 Å². The van der Waals surface area contributed by atoms with E-state index < -0.39 is 17.7 Å². The Morgan fingerprint density at radius 1 is 1.15 bits per heavy atom. The van der Waals surface area contributed by atoms with Gasteiger partial charge in [-0.15, -0.1) is 0 Å². The number of hydrogen-bond acceptors (Lipinski definition) is 6. The minimum Gasteiger partial charge on any atom is -0.459 e. The molecule has 1 aromatic carbocycles. The number of nitrogens with one attached hydrogen (secondary N) is 2. The van der Waals surface area contributed by atoms with Crippen LogP contribution < -0.4 is 10.6 Å². The lowest BCUT2D eigenvalue weighted by Crippen LogP contribution is -2.51. The third-order valence-corrected chi connectivity index (χ3v) is 5.18. The van der Waals surface area contributed by atoms with E-state index in [1.165, 1.54) is 4.90 Å². The van der Waals surface area contributed by atoms with Crippen LogP contribution in [0.1, 0.15) is 59.4 Å². The molecule has 0 aromatic heterocycles. The number of ether oxygens (including phenoxy) is 2. The van der Waals surface area contributed by atoms with Crippen LogP contribution in [0.25, 0.3) is 0 Å². The van der Waals surface area contributed by atoms with Crippen LogP contribution in [0.2, 0.25) is 0 Å². The second kappa shape index (κ2) is 12.6. The van der Waals surface area contributed by atoms with Gasteiger partial charge in [-0.3, -0.25) is 14.5 Å². The molecular formula is C25H39N3O5. The van der Waals surface area contributed by atoms with Crippen molar-refractivity contribution in [3.8, 4) is 0 Å². The summed E-state index contributed by atoms with van der Waals surface area (Å²) in [5, 5.41) is 6.16. The summed E-state index contributed by atoms with van der Waals surface area (Å²) in [5.41, 5.74) is 0.366. The van der Waals surface area contributed by atoms with Crippen molar-refractivity contribution in [2.75, 3.05) is 19.6 Å². The number of esters is 1. The van der Waals surface area contributed by atoms with E-state index in [1.807, 2.05) is 51.1 Å². The van der Waals surface area contributed by atoms with Gasteiger partial charge in [0.1, 0.15) is 18.2 Å². The van der Waals surface area contributed by atoms with Crippen molar-refractivity contribution in [2.24, 2.45) is 5.92 Å². The molecule has 2 unspecified atom stereocenters. The summed E-state index contributed by atoms with van der Waals surface area (Å²) < 4.78 is 10.7. The highest BCUT2D eigenvalue weighted by atomic mass is 16.6. The van der Waals surface area contributed by atoms with E-state index in [4.69, 9.17) is 9.47 Å². The summed E-state index contributed by atoms with van der Waals surface area (Å²) >= 11 is 0. The van der Waals surface area contributed by atoms with E-state index in [9.17, 15) is 14.4 Å². The van der Waals surface area contributed by atoms with Gasteiger partial charge in [0.05, 0.1) is 6.54 Å². The van der Waals surface area contributed by atoms with E-state index in [1.54, 1.807) is 0 Å². The molecule has 2 N–H and O–H groups in total. The maximum atomic E-state index is 13.0. The molecule has 1 aromatic rings. The predicted octanol–water partition coefficient (Wildman–Crippen LogP) is 3.25. The summed E-state index contributed by atoms with van der Waals surface area (Å²) in [6.45, 7) is 10.8. The number of carbonyl (C=O) groups excluding carboxylic acids is 3. The van der Waals surface area contributed by atoms with Gasteiger partial charge in [0.25, 0.3) is 0 Å². The van der Waals surface area contributed by atoms with Crippen LogP contribution in [-0.2, 0) is 25.7 Å². The molecular weight excluding hydrogens is 422 g/mol. The fourth-order valence-corrected chi connectivity index (χ4v) is 3.85. The fourth-order valence-electron chi connectivity index (χ4n) is 3.85. The van der Waals surface area contributed by atoms with Gasteiger partial charge in [-0.2, -0.15) is 0 Å². The molecule has 8 nitrogen and oxygen atoms in total. The topological polar surface area (TPSA) is 97.0 Å². The first kappa shape index (κ1) is 26.6. The summed E-state index contributed by atoms with van der Waals surface area (Å²) in [5.74, 6) is -0.164. The van der Waals surface area contributed by atoms with Gasteiger partial charge in [0, 0.05) is 19.1 Å². The molecule has 2 amide bonds. The number of carbonyl (C=O) groups is 3. The molecule has 0 bridgehead atoms. The molecule has 2 atom stereocenters. The fraction of sp³-hybridized carbons (Fsp3) is 0.640. The Labute approximate surface area is 197 Å². The van der Waals surface area contributed by atoms with Crippen LogP contribution in [0, 0.1) is 5.92 Å². The number of amides is 2. The number of benzene rings is 1. The highest BCUT2D eigenvalue weighted by molar-refractivity contribution is 5.86. The van der Waals surface area contributed by atoms with Crippen LogP contribution in [0.3, 0.4) is 0 Å². The molecule has 1 saturated heterocycles. The summed E-state index contributed by atoms with van der Waals surface area (Å²) in [6.07, 6.45) is 1.63. The van der Waals surface area contributed by atoms with E-state index >= 15 is 0 Å². The van der Waals surface area contributed by atoms with E-state index in [2.05, 4.69) is 24.5 Å². The number of nitrogens with zero attached hydrogens (tertiary/aromatic N) is 1. The zero-order valence-corrected chi connectivity index (χ0v) is 20.6. The summed E-state index contributed by atoms with van der Waals surface area (Å²) in [6, 6.07) is 8.76. The average Bonchev–Trinajstić information content (AvgIpc) is 3.21. The average molecular weight is 462 g/mol. The maximum Gasteiger partial charge on any atom is 0.410 e. The van der Waals surface area contributed by atoms with Gasteiger partial charge in [-0.05, 0) is 51.5 Å². The van der Waals surface area contributed by atoms with Crippen LogP contribution in [-0.4, -0.2) is 60.2 Å². The largest absolute Gasteiger partial charge is 0.459 e. The molecule has 1 heterocycles. The van der Waals surface area contributed by atoms with Gasteiger partial charge in [0.2, 0.25) is 5.91 Å². The first-order chi connectivity index (χ1) is 15.5. The number of rotatable bonds is 10. The van der Waals surface area contributed by atoms with Crippen molar-refractivity contribution in [3.05, 3.63) is 35.9 Å². The standard InChI is InChI=1S/C25H39N3O5/c1-18(2)14-20(15-26-16-22(29)33-25(3,4)5)27-23(30)21-12-9-13-28(21)24(31)32-17-19-10-7-6-8-11-19/h6-8,10-11,18,20-21,26H,9,12-17H2,1-5H3,(H,27,30). The second-order valence-electron chi connectivity index (χ2n) is 9.94. The molecule has 33 heavy (non-hydrogen) atoms. The Bertz CT molecular complexity index is 776. The smallest absolute Gasteiger partial charge is 0.410 e. The molecule has 1 fully saturated rings. The minimum absolute atomic E-state index is 0.0725. The van der Waals surface area contributed by atoms with Crippen molar-refractivity contribution < 1.29 is 23.9 Å². The SMILES string of the molecule is CC(C)CC(CNCC(=O)OC(C)(C)C)NC(=O)C1CCCN1C(=O)OCc1ccccc1. The summed E-state index contributed by atoms with van der Waals surface area (Å²) in [7, 11) is 0. The highest BCUT2D eigenvalue weighted by Gasteiger charge is 2.36. The Morgan fingerprint density at radius 3 is 2.48 bits per heavy atom. The minimum atomic E-state index is -0.547. The first-order valence-corrected chi connectivity index (χ1v) is 11.8. The predicted molar refractivity (Wildman–Crippen MR) is 126 cm³/mol. The monoisotopic (exact) mass is 461 g/mol. The van der Waals surface area contributed by atoms with Crippen molar-refractivity contribution in [2.45, 2.75) is 78.2 Å². The Morgan fingerprint density at radius 2 is 1.85 bits per heavy atom. The maximum absolute atomic E-state index is 13.0. The van der Waals surface area contributed by atoms with Gasteiger partial charge in [-0.1, -0.05) is 44.2 Å². The normalized spacial score (nSPS) is 17.0. The Kier molecular flexibility index (Phi) is 10.2. The lowest BCUT2D eigenvalue weighted by Gasteiger charge is -2.27. The third-order valence-electron chi connectivity index (χ3n) is 5.18. The van der Waals surface area contributed by atoms with Gasteiger partial charge in [-0.25, -0.2) is 4.79 Å². The van der Waals surface area contributed by atoms with E-state index in [0.29, 0.717) is 25.4 Å². The molecule has 2 rings (SSSR count). The molecule has 184 valence electrons. The Hall–Kier alpha value is -2.61. The van der Waals surface area contributed by atoms with Crippen molar-refractivity contribution in [1.29, 1.82) is 0 Å². The lowest BCUT2D eigenvalue weighted by molar-refractivity contribution is -0.153. The Balaban J connectivity index is 1.88. The third kappa shape index (κ3) is 9.82. The van der Waals surface area contributed by atoms with Gasteiger partial charge < -0.3 is 20.1 Å². The van der Waals surface area contributed by atoms with Gasteiger partial charge >= 0.3 is 12.1 Å². The summed E-state index contributed by atoms with van der Waals surface area (Å²) in [4.78, 5) is 39.1. The first-order valence-electron chi connectivity index (χ1n) is 11.8. The van der Waals surface area contributed by atoms with Crippen molar-refractivity contribution in [3.63, 3.8) is 0 Å². The number of likely N-dealkylation sites (tertiary alicyclic amines) is 1. The zero-order chi connectivity index (χ0) is 24.4. The van der Waals surface area contributed by atoms with Crippen LogP contribution in [0.5, 0.6) is 0 Å². The highest BCUT2D eigenvalue weighted by Crippen LogP contribution is 2.20. The number of hydrogen-bond donors (Lipinski definition) is 2. The molecule has 0 radical (unpaired) electrons. The molecule has 8 heteroatoms. The van der Waals surface area contributed by atoms with Gasteiger partial charge in [0.15, 0.2) is 0 Å². The zero-order valence-electron chi connectivity index (χ0n) is 20.6. The lowest BCUT2D eigenvalue weighted by atomic mass is 10.0. The molecule has 1 aliphatic rings. The molecule has 0 saturated carbocycles. The van der Waals surface area contributed by atoms with E-state index in [-0.39, 0.29) is 31.1 Å². The van der Waals surface area contributed by atoms with Crippen LogP contribution >= 0.6 is 0 Å². The molecule has 1 aliphatic heterocycles. The quantitative estimate of drug-likeness (QED) is 0.519. The van der Waals surface area contributed by atoms with Crippen molar-refractivity contribution >= 4 is 18.0 Å². The van der Waals surface area contributed by atoms with Crippen LogP contribution in [0.4, 0.5) is 4.79 Å².